The van der Waals surface area contributed by atoms with Crippen LogP contribution in [0.3, 0.4) is 0 Å². The molecule has 0 fully saturated rings. The number of nitrogens with two attached hydrogens (primary N) is 1. The van der Waals surface area contributed by atoms with Crippen LogP contribution >= 0.6 is 0 Å². The Kier molecular flexibility index (Phi) is 3.83. The van der Waals surface area contributed by atoms with Crippen LogP contribution < -0.4 is 16.4 Å². The van der Waals surface area contributed by atoms with Gasteiger partial charge in [-0.1, -0.05) is 12.7 Å². The molecular weight excluding hydrogens is 150 g/mol. The first kappa shape index (κ1) is 10.5. The zero-order valence-corrected chi connectivity index (χ0v) is 7.67. The molecule has 0 amide bonds. The molecule has 2 N–H and O–H groups in total. The van der Waals surface area contributed by atoms with Crippen molar-refractivity contribution in [1.29, 1.82) is 0 Å². The largest absolute Gasteiger partial charge is 0.369 e. The van der Waals surface area contributed by atoms with Gasteiger partial charge in [0, 0.05) is 7.05 Å². The quantitative estimate of drug-likeness (QED) is 0.551. The van der Waals surface area contributed by atoms with Crippen molar-refractivity contribution in [1.82, 2.24) is 9.55 Å². The van der Waals surface area contributed by atoms with Crippen molar-refractivity contribution in [2.75, 3.05) is 5.73 Å². The lowest BCUT2D eigenvalue weighted by Crippen LogP contribution is -2.26. The Labute approximate surface area is 72.5 Å². The number of nitrogens with zero attached hydrogens (tertiary/aromatic N) is 2. The highest BCUT2D eigenvalue weighted by atomic mass is 15.1. The van der Waals surface area contributed by atoms with E-state index in [0.717, 1.165) is 10.7 Å². The number of nitrogen functional groups attached to an aromatic ring is 1. The fourth-order valence-corrected chi connectivity index (χ4v) is 0.948. The summed E-state index contributed by atoms with van der Waals surface area (Å²) >= 11 is 0. The highest BCUT2D eigenvalue weighted by Gasteiger charge is 1.94. The van der Waals surface area contributed by atoms with E-state index in [9.17, 15) is 0 Å². The smallest absolute Gasteiger partial charge is 0.200 e. The fourth-order valence-electron chi connectivity index (χ4n) is 0.948. The van der Waals surface area contributed by atoms with Gasteiger partial charge >= 0.3 is 0 Å². The summed E-state index contributed by atoms with van der Waals surface area (Å²) in [5, 5.41) is 1.72. The molecule has 0 spiro atoms. The maximum absolute atomic E-state index is 5.51. The minimum atomic E-state index is 0.512. The van der Waals surface area contributed by atoms with Crippen molar-refractivity contribution in [3.63, 3.8) is 0 Å². The van der Waals surface area contributed by atoms with Gasteiger partial charge in [-0.05, 0) is 6.92 Å². The predicted molar refractivity (Wildman–Crippen MR) is 53.8 cm³/mol. The van der Waals surface area contributed by atoms with E-state index < -0.39 is 0 Å². The van der Waals surface area contributed by atoms with E-state index in [1.807, 2.05) is 24.6 Å². The van der Waals surface area contributed by atoms with Crippen molar-refractivity contribution in [3.8, 4) is 0 Å². The number of rotatable bonds is 0. The summed E-state index contributed by atoms with van der Waals surface area (Å²) in [6.07, 6.45) is 1.94. The maximum Gasteiger partial charge on any atom is 0.200 e. The van der Waals surface area contributed by atoms with Gasteiger partial charge in [-0.2, -0.15) is 0 Å². The van der Waals surface area contributed by atoms with Gasteiger partial charge in [-0.3, -0.25) is 0 Å². The lowest BCUT2D eigenvalue weighted by Gasteiger charge is -1.90. The number of imidazole rings is 1. The highest BCUT2D eigenvalue weighted by molar-refractivity contribution is 5.26. The predicted octanol–water partition coefficient (Wildman–Crippen LogP) is 0.0152. The Hall–Kier alpha value is -1.51. The van der Waals surface area contributed by atoms with Crippen molar-refractivity contribution in [3.05, 3.63) is 23.9 Å². The SMILES string of the molecule is C=C.C=c1nc(N)n(C)/c1=C/C. The first-order valence-electron chi connectivity index (χ1n) is 3.60. The summed E-state index contributed by atoms with van der Waals surface area (Å²) in [5.41, 5.74) is 5.51. The first-order valence-corrected chi connectivity index (χ1v) is 3.60. The van der Waals surface area contributed by atoms with Gasteiger partial charge in [-0.15, -0.1) is 13.2 Å². The first-order chi connectivity index (χ1) is 5.66. The van der Waals surface area contributed by atoms with Crippen LogP contribution in [0.1, 0.15) is 6.92 Å². The Balaban J connectivity index is 0.000000561. The molecule has 0 aliphatic heterocycles. The van der Waals surface area contributed by atoms with Gasteiger partial charge in [0.25, 0.3) is 0 Å². The van der Waals surface area contributed by atoms with Gasteiger partial charge in [-0.25, -0.2) is 4.98 Å². The van der Waals surface area contributed by atoms with Gasteiger partial charge < -0.3 is 10.3 Å². The van der Waals surface area contributed by atoms with E-state index in [1.165, 1.54) is 0 Å². The maximum atomic E-state index is 5.51. The van der Waals surface area contributed by atoms with Crippen LogP contribution in [0.25, 0.3) is 12.7 Å². The van der Waals surface area contributed by atoms with Crippen LogP contribution in [0.4, 0.5) is 5.95 Å². The molecule has 0 aliphatic rings. The van der Waals surface area contributed by atoms with Gasteiger partial charge in [0.05, 0.1) is 10.7 Å². The molecule has 0 saturated heterocycles. The molecule has 0 saturated carbocycles. The Morgan fingerprint density at radius 1 is 1.50 bits per heavy atom. The average molecular weight is 165 g/mol. The van der Waals surface area contributed by atoms with Gasteiger partial charge in [0.1, 0.15) is 0 Å². The highest BCUT2D eigenvalue weighted by Crippen LogP contribution is 1.81. The molecule has 0 radical (unpaired) electrons. The van der Waals surface area contributed by atoms with E-state index in [1.54, 1.807) is 0 Å². The summed E-state index contributed by atoms with van der Waals surface area (Å²) in [7, 11) is 1.87. The second kappa shape index (κ2) is 4.38. The van der Waals surface area contributed by atoms with E-state index in [2.05, 4.69) is 24.7 Å². The molecule has 66 valence electrons. The van der Waals surface area contributed by atoms with E-state index >= 15 is 0 Å². The molecule has 1 aromatic rings. The molecule has 1 heterocycles. The van der Waals surface area contributed by atoms with Gasteiger partial charge in [0.2, 0.25) is 5.95 Å². The molecular formula is C9H15N3. The lowest BCUT2D eigenvalue weighted by atomic mass is 10.5. The van der Waals surface area contributed by atoms with E-state index in [0.29, 0.717) is 5.95 Å². The zero-order valence-electron chi connectivity index (χ0n) is 7.67. The molecule has 12 heavy (non-hydrogen) atoms. The molecule has 0 aromatic carbocycles. The lowest BCUT2D eigenvalue weighted by molar-refractivity contribution is 0.895. The number of hydrogen-bond acceptors (Lipinski definition) is 2. The van der Waals surface area contributed by atoms with Crippen LogP contribution in [0.5, 0.6) is 0 Å². The molecule has 3 heteroatoms. The van der Waals surface area contributed by atoms with Crippen LogP contribution in [0.2, 0.25) is 0 Å². The standard InChI is InChI=1S/C7H11N3.C2H4/c1-4-6-5(2)9-7(8)10(6)3;1-2/h4H,2H2,1,3H3,(H2,8,9);1-2H2/b6-4+;. The molecule has 1 aromatic heterocycles. The van der Waals surface area contributed by atoms with Crippen LogP contribution in [-0.4, -0.2) is 9.55 Å². The van der Waals surface area contributed by atoms with Crippen molar-refractivity contribution < 1.29 is 0 Å². The minimum Gasteiger partial charge on any atom is -0.369 e. The number of anilines is 1. The Bertz CT molecular complexity index is 349. The summed E-state index contributed by atoms with van der Waals surface area (Å²) in [6, 6.07) is 0. The average Bonchev–Trinajstić information content (AvgIpc) is 2.31. The van der Waals surface area contributed by atoms with Crippen molar-refractivity contribution in [2.45, 2.75) is 6.92 Å². The van der Waals surface area contributed by atoms with Crippen LogP contribution in [0, 0.1) is 0 Å². The second-order valence-corrected chi connectivity index (χ2v) is 2.15. The van der Waals surface area contributed by atoms with Crippen molar-refractivity contribution >= 4 is 18.6 Å². The van der Waals surface area contributed by atoms with Crippen LogP contribution in [0.15, 0.2) is 13.2 Å². The summed E-state index contributed by atoms with van der Waals surface area (Å²) in [6.45, 7) is 11.7. The zero-order chi connectivity index (χ0) is 9.72. The third-order valence-electron chi connectivity index (χ3n) is 1.52. The number of hydrogen-bond donors (Lipinski definition) is 1. The Morgan fingerprint density at radius 2 is 2.00 bits per heavy atom. The van der Waals surface area contributed by atoms with Gasteiger partial charge in [0.15, 0.2) is 0 Å². The topological polar surface area (TPSA) is 43.8 Å². The molecule has 0 unspecified atom stereocenters. The third kappa shape index (κ3) is 1.75. The third-order valence-corrected chi connectivity index (χ3v) is 1.52. The Morgan fingerprint density at radius 3 is 2.17 bits per heavy atom. The summed E-state index contributed by atoms with van der Waals surface area (Å²) in [5.74, 6) is 0.512. The molecule has 1 rings (SSSR count). The monoisotopic (exact) mass is 165 g/mol. The fraction of sp³-hybridized carbons (Fsp3) is 0.222. The van der Waals surface area contributed by atoms with Crippen LogP contribution in [-0.2, 0) is 7.05 Å². The molecule has 0 aliphatic carbocycles. The van der Waals surface area contributed by atoms with E-state index in [4.69, 9.17) is 5.73 Å². The van der Waals surface area contributed by atoms with Crippen molar-refractivity contribution in [2.24, 2.45) is 7.05 Å². The second-order valence-electron chi connectivity index (χ2n) is 2.15. The normalized spacial score (nSPS) is 10.7. The number of aromatic nitrogens is 2. The molecule has 3 nitrogen and oxygen atoms in total. The molecule has 0 atom stereocenters. The summed E-state index contributed by atoms with van der Waals surface area (Å²) in [4.78, 5) is 3.98. The van der Waals surface area contributed by atoms with E-state index in [-0.39, 0.29) is 0 Å². The minimum absolute atomic E-state index is 0.512. The molecule has 0 bridgehead atoms. The summed E-state index contributed by atoms with van der Waals surface area (Å²) < 4.78 is 1.81.